The highest BCUT2D eigenvalue weighted by molar-refractivity contribution is 7.44. The third-order valence-electron chi connectivity index (χ3n) is 9.55. The Balaban J connectivity index is 4.77. The molecule has 0 saturated heterocycles. The molecule has 11 nitrogen and oxygen atoms in total. The molecule has 0 rings (SSSR count). The Morgan fingerprint density at radius 2 is 1.27 bits per heavy atom. The average Bonchev–Trinajstić information content (AvgIpc) is 3.05. The number of hydrogen-bond donors (Lipinski definition) is 3. The second-order valence-corrected chi connectivity index (χ2v) is 18.9. The van der Waals surface area contributed by atoms with E-state index < -0.39 is 20.1 Å². The van der Waals surface area contributed by atoms with E-state index in [9.17, 15) is 14.4 Å². The number of rotatable bonds is 29. The lowest BCUT2D eigenvalue weighted by Crippen LogP contribution is -2.56. The Morgan fingerprint density at radius 1 is 0.788 bits per heavy atom. The molecule has 304 valence electrons. The molecule has 0 fully saturated rings. The topological polar surface area (TPSA) is 150 Å². The highest BCUT2D eigenvalue weighted by atomic mass is 31.2. The van der Waals surface area contributed by atoms with Gasteiger partial charge >= 0.3 is 0 Å². The number of hydrogen-bond acceptors (Lipinski definition) is 8. The maximum Gasteiger partial charge on any atom is 0.259 e. The van der Waals surface area contributed by atoms with Crippen molar-refractivity contribution in [3.8, 4) is 6.07 Å². The van der Waals surface area contributed by atoms with Crippen LogP contribution >= 0.6 is 17.3 Å². The molecule has 4 N–H and O–H groups in total. The van der Waals surface area contributed by atoms with Crippen molar-refractivity contribution >= 4 is 35.0 Å². The number of nitrogens with zero attached hydrogens (tertiary/aromatic N) is 3. The molecule has 0 bridgehead atoms. The number of carbonyl (C=O) groups is 3. The van der Waals surface area contributed by atoms with Gasteiger partial charge in [0, 0.05) is 44.4 Å². The minimum Gasteiger partial charge on any atom is -0.356 e. The fraction of sp³-hybridized carbons (Fsp3) is 0.897. The van der Waals surface area contributed by atoms with Crippen LogP contribution in [0.3, 0.4) is 0 Å². The van der Waals surface area contributed by atoms with Crippen molar-refractivity contribution in [1.82, 2.24) is 20.0 Å². The van der Waals surface area contributed by atoms with Gasteiger partial charge in [-0.05, 0) is 119 Å². The lowest BCUT2D eigenvalue weighted by molar-refractivity contribution is -0.130. The number of nitrogens with one attached hydrogen (secondary N) is 2. The van der Waals surface area contributed by atoms with E-state index >= 15 is 0 Å². The zero-order valence-electron chi connectivity index (χ0n) is 35.2. The van der Waals surface area contributed by atoms with E-state index in [1.54, 1.807) is 0 Å². The van der Waals surface area contributed by atoms with E-state index in [1.807, 2.05) is 25.2 Å². The molecule has 0 heterocycles. The molecular weight excluding hydrogens is 694 g/mol. The first-order chi connectivity index (χ1) is 24.3. The zero-order chi connectivity index (χ0) is 40.0. The van der Waals surface area contributed by atoms with Crippen molar-refractivity contribution in [3.05, 3.63) is 0 Å². The molecule has 0 aliphatic heterocycles. The van der Waals surface area contributed by atoms with Crippen LogP contribution in [-0.4, -0.2) is 83.7 Å². The van der Waals surface area contributed by atoms with Crippen LogP contribution in [0, 0.1) is 40.9 Å². The highest BCUT2D eigenvalue weighted by Gasteiger charge is 2.37. The van der Waals surface area contributed by atoms with Gasteiger partial charge in [-0.25, -0.2) is 4.67 Å². The Morgan fingerprint density at radius 3 is 1.71 bits per heavy atom. The molecule has 52 heavy (non-hydrogen) atoms. The van der Waals surface area contributed by atoms with Crippen LogP contribution in [0.4, 0.5) is 0 Å². The van der Waals surface area contributed by atoms with Crippen LogP contribution in [-0.2, 0) is 23.4 Å². The van der Waals surface area contributed by atoms with E-state index in [-0.39, 0.29) is 51.6 Å². The van der Waals surface area contributed by atoms with Crippen LogP contribution in [0.5, 0.6) is 0 Å². The average molecular weight is 773 g/mol. The summed E-state index contributed by atoms with van der Waals surface area (Å²) in [6.45, 7) is 29.1. The van der Waals surface area contributed by atoms with Crippen molar-refractivity contribution in [3.63, 3.8) is 0 Å². The largest absolute Gasteiger partial charge is 0.356 e. The van der Waals surface area contributed by atoms with Gasteiger partial charge in [-0.1, -0.05) is 41.5 Å². The zero-order valence-corrected chi connectivity index (χ0v) is 37.1. The third-order valence-corrected chi connectivity index (χ3v) is 12.9. The van der Waals surface area contributed by atoms with Crippen molar-refractivity contribution in [2.24, 2.45) is 35.3 Å². The van der Waals surface area contributed by atoms with E-state index in [0.717, 1.165) is 32.1 Å². The van der Waals surface area contributed by atoms with Gasteiger partial charge in [0.15, 0.2) is 0 Å². The minimum absolute atomic E-state index is 0.0840. The second kappa shape index (κ2) is 27.2. The van der Waals surface area contributed by atoms with Crippen LogP contribution < -0.4 is 16.4 Å². The summed E-state index contributed by atoms with van der Waals surface area (Å²) >= 11 is 0. The summed E-state index contributed by atoms with van der Waals surface area (Å²) in [4.78, 5) is 38.2. The Bertz CT molecular complexity index is 1050. The predicted molar refractivity (Wildman–Crippen MR) is 219 cm³/mol. The SMILES string of the molecule is CPN(C(=O)CCC(C)CC(C)CNC(=O)CCC(C)CC(C)CNC(=O)CCC(C)C)C(C)(C)C(N)COP(OCCC#N)N(C(C)C)C(C)C. The second-order valence-electron chi connectivity index (χ2n) is 16.6. The summed E-state index contributed by atoms with van der Waals surface area (Å²) in [5.74, 6) is 2.25. The molecular formula is C39H78N6O5P2. The van der Waals surface area contributed by atoms with E-state index in [1.165, 1.54) is 0 Å². The number of nitriles is 1. The van der Waals surface area contributed by atoms with Crippen LogP contribution in [0.15, 0.2) is 0 Å². The fourth-order valence-electron chi connectivity index (χ4n) is 6.37. The minimum atomic E-state index is -1.42. The van der Waals surface area contributed by atoms with Gasteiger partial charge in [-0.3, -0.25) is 14.4 Å². The molecule has 0 aromatic heterocycles. The third kappa shape index (κ3) is 21.5. The van der Waals surface area contributed by atoms with E-state index in [2.05, 4.69) is 90.6 Å². The maximum absolute atomic E-state index is 13.5. The molecule has 0 aromatic carbocycles. The summed E-state index contributed by atoms with van der Waals surface area (Å²) in [7, 11) is -1.15. The van der Waals surface area contributed by atoms with Gasteiger partial charge in [-0.15, -0.1) is 0 Å². The molecule has 0 saturated carbocycles. The van der Waals surface area contributed by atoms with Gasteiger partial charge in [0.2, 0.25) is 17.7 Å². The first-order valence-corrected chi connectivity index (χ1v) is 22.3. The molecule has 0 spiro atoms. The van der Waals surface area contributed by atoms with Gasteiger partial charge in [-0.2, -0.15) is 5.26 Å². The number of amides is 3. The summed E-state index contributed by atoms with van der Waals surface area (Å²) in [6.07, 6.45) is 6.23. The standard InChI is InChI=1S/C39H78N6O5P2/c1-28(2)15-18-36(46)42-25-33(9)23-31(7)16-19-37(47)43-26-34(10)24-32(8)17-20-38(48)45(51-13)39(11,12)35(41)27-50-52(49-22-14-21-40)44(29(3)4)30(5)6/h28-35,51H,14-20,22-27,41H2,1-13H3,(H,42,46)(H,43,47). The number of carbonyl (C=O) groups excluding carboxylic acids is 3. The molecule has 7 atom stereocenters. The van der Waals surface area contributed by atoms with Gasteiger partial charge < -0.3 is 30.1 Å². The van der Waals surface area contributed by atoms with Crippen LogP contribution in [0.1, 0.15) is 141 Å². The lowest BCUT2D eigenvalue weighted by Gasteiger charge is -2.43. The molecule has 0 aliphatic carbocycles. The molecule has 0 aromatic rings. The normalized spacial score (nSPS) is 15.9. The van der Waals surface area contributed by atoms with Gasteiger partial charge in [0.1, 0.15) is 0 Å². The molecule has 0 aliphatic rings. The maximum atomic E-state index is 13.5. The Labute approximate surface area is 321 Å². The van der Waals surface area contributed by atoms with E-state index in [0.29, 0.717) is 68.5 Å². The summed E-state index contributed by atoms with van der Waals surface area (Å²) in [5, 5.41) is 15.2. The van der Waals surface area contributed by atoms with Gasteiger partial charge in [0.05, 0.1) is 37.3 Å². The van der Waals surface area contributed by atoms with Gasteiger partial charge in [0.25, 0.3) is 8.53 Å². The quantitative estimate of drug-likeness (QED) is 0.0512. The lowest BCUT2D eigenvalue weighted by atomic mass is 9.92. The van der Waals surface area contributed by atoms with Crippen LogP contribution in [0.2, 0.25) is 0 Å². The highest BCUT2D eigenvalue weighted by Crippen LogP contribution is 2.46. The van der Waals surface area contributed by atoms with Crippen molar-refractivity contribution in [1.29, 1.82) is 5.26 Å². The molecule has 0 radical (unpaired) electrons. The summed E-state index contributed by atoms with van der Waals surface area (Å²) in [6, 6.07) is 2.07. The smallest absolute Gasteiger partial charge is 0.259 e. The van der Waals surface area contributed by atoms with Crippen LogP contribution in [0.25, 0.3) is 0 Å². The summed E-state index contributed by atoms with van der Waals surface area (Å²) in [5.41, 5.74) is 6.09. The first kappa shape index (κ1) is 50.6. The first-order valence-electron chi connectivity index (χ1n) is 19.8. The molecule has 13 heteroatoms. The summed E-state index contributed by atoms with van der Waals surface area (Å²) < 4.78 is 16.4. The number of nitrogens with two attached hydrogens (primary N) is 1. The Hall–Kier alpha value is -1.40. The molecule has 7 unspecified atom stereocenters. The van der Waals surface area contributed by atoms with Crippen molar-refractivity contribution in [2.75, 3.05) is 33.0 Å². The van der Waals surface area contributed by atoms with E-state index in [4.69, 9.17) is 20.0 Å². The fourth-order valence-corrected chi connectivity index (χ4v) is 9.10. The predicted octanol–water partition coefficient (Wildman–Crippen LogP) is 7.99. The monoisotopic (exact) mass is 773 g/mol. The van der Waals surface area contributed by atoms with Crippen molar-refractivity contribution in [2.45, 2.75) is 165 Å². The molecule has 3 amide bonds. The van der Waals surface area contributed by atoms with Crippen molar-refractivity contribution < 1.29 is 23.4 Å². The Kier molecular flexibility index (Phi) is 26.5.